The van der Waals surface area contributed by atoms with E-state index in [9.17, 15) is 4.79 Å². The van der Waals surface area contributed by atoms with Crippen LogP contribution < -0.4 is 0 Å². The first kappa shape index (κ1) is 19.1. The van der Waals surface area contributed by atoms with Crippen molar-refractivity contribution < 1.29 is 19.0 Å². The van der Waals surface area contributed by atoms with Gasteiger partial charge in [0.15, 0.2) is 0 Å². The Morgan fingerprint density at radius 3 is 2.56 bits per heavy atom. The lowest BCUT2D eigenvalue weighted by Gasteiger charge is -2.43. The van der Waals surface area contributed by atoms with E-state index >= 15 is 0 Å². The molecule has 0 N–H and O–H groups in total. The maximum absolute atomic E-state index is 12.3. The van der Waals surface area contributed by atoms with Gasteiger partial charge in [-0.25, -0.2) is 0 Å². The van der Waals surface area contributed by atoms with Crippen molar-refractivity contribution in [1.82, 2.24) is 4.90 Å². The zero-order valence-corrected chi connectivity index (χ0v) is 16.7. The maximum atomic E-state index is 12.3. The number of carbonyl (C=O) groups excluding carboxylic acids is 1. The highest BCUT2D eigenvalue weighted by molar-refractivity contribution is 5.75. The van der Waals surface area contributed by atoms with E-state index in [2.05, 4.69) is 20.8 Å². The predicted molar refractivity (Wildman–Crippen MR) is 96.4 cm³/mol. The van der Waals surface area contributed by atoms with Crippen LogP contribution in [-0.4, -0.2) is 62.0 Å². The van der Waals surface area contributed by atoms with Crippen LogP contribution in [0.2, 0.25) is 0 Å². The van der Waals surface area contributed by atoms with E-state index < -0.39 is 0 Å². The molecule has 0 radical (unpaired) electrons. The van der Waals surface area contributed by atoms with Gasteiger partial charge in [-0.1, -0.05) is 13.8 Å². The number of carbonyl (C=O) groups is 1. The first-order valence-electron chi connectivity index (χ1n) is 9.78. The molecule has 0 aromatic rings. The zero-order chi connectivity index (χ0) is 18.4. The average molecular weight is 354 g/mol. The van der Waals surface area contributed by atoms with Crippen LogP contribution in [0.3, 0.4) is 0 Å². The summed E-state index contributed by atoms with van der Waals surface area (Å²) in [5, 5.41) is 0. The molecule has 3 rings (SSSR count). The van der Waals surface area contributed by atoms with E-state index in [1.54, 1.807) is 12.0 Å². The number of epoxide rings is 2. The third-order valence-corrected chi connectivity index (χ3v) is 6.62. The van der Waals surface area contributed by atoms with E-state index in [1.807, 2.05) is 14.1 Å². The zero-order valence-electron chi connectivity index (χ0n) is 16.7. The molecule has 2 aliphatic heterocycles. The van der Waals surface area contributed by atoms with Crippen molar-refractivity contribution in [2.24, 2.45) is 17.8 Å². The summed E-state index contributed by atoms with van der Waals surface area (Å²) in [6, 6.07) is 0. The Kier molecular flexibility index (Phi) is 5.22. The summed E-state index contributed by atoms with van der Waals surface area (Å²) in [6.45, 7) is 7.55. The Morgan fingerprint density at radius 1 is 1.36 bits per heavy atom. The fraction of sp³-hybridized carbons (Fsp3) is 0.950. The number of ether oxygens (including phenoxy) is 3. The van der Waals surface area contributed by atoms with Crippen molar-refractivity contribution in [3.05, 3.63) is 0 Å². The van der Waals surface area contributed by atoms with Gasteiger partial charge in [-0.3, -0.25) is 4.79 Å². The van der Waals surface area contributed by atoms with Crippen molar-refractivity contribution >= 4 is 5.91 Å². The normalized spacial score (nSPS) is 42.7. The summed E-state index contributed by atoms with van der Waals surface area (Å²) in [6.07, 6.45) is 5.14. The van der Waals surface area contributed by atoms with Gasteiger partial charge in [-0.05, 0) is 44.4 Å². The second-order valence-electron chi connectivity index (χ2n) is 9.08. The van der Waals surface area contributed by atoms with Crippen LogP contribution in [0.4, 0.5) is 0 Å². The third-order valence-electron chi connectivity index (χ3n) is 6.62. The van der Waals surface area contributed by atoms with Crippen LogP contribution in [0.15, 0.2) is 0 Å². The molecule has 1 spiro atoms. The van der Waals surface area contributed by atoms with Crippen molar-refractivity contribution in [3.8, 4) is 0 Å². The van der Waals surface area contributed by atoms with Crippen LogP contribution in [0.1, 0.15) is 52.9 Å². The molecular formula is C20H35NO4. The lowest BCUT2D eigenvalue weighted by atomic mass is 9.64. The summed E-state index contributed by atoms with van der Waals surface area (Å²) in [7, 11) is 5.42. The molecule has 3 fully saturated rings. The molecule has 5 nitrogen and oxygen atoms in total. The van der Waals surface area contributed by atoms with Crippen molar-refractivity contribution in [3.63, 3.8) is 0 Å². The van der Waals surface area contributed by atoms with Crippen LogP contribution in [0.25, 0.3) is 0 Å². The number of rotatable bonds is 7. The summed E-state index contributed by atoms with van der Waals surface area (Å²) >= 11 is 0. The SMILES string of the molecule is CO[C@@H]1C(CC(=O)N(C)C)CC[C@]2(CO2)[C@H]1[C@@]1(C)O[C@@H]1CCC(C)C. The molecule has 3 aliphatic rings. The Hall–Kier alpha value is -0.650. The number of amides is 1. The van der Waals surface area contributed by atoms with Gasteiger partial charge in [0, 0.05) is 33.5 Å². The van der Waals surface area contributed by atoms with E-state index in [4.69, 9.17) is 14.2 Å². The van der Waals surface area contributed by atoms with Crippen LogP contribution in [0, 0.1) is 17.8 Å². The van der Waals surface area contributed by atoms with Gasteiger partial charge in [0.1, 0.15) is 5.60 Å². The molecule has 0 aromatic heterocycles. The summed E-state index contributed by atoms with van der Waals surface area (Å²) in [5.41, 5.74) is -0.258. The monoisotopic (exact) mass is 353 g/mol. The molecule has 144 valence electrons. The van der Waals surface area contributed by atoms with Crippen molar-refractivity contribution in [2.45, 2.75) is 76.3 Å². The van der Waals surface area contributed by atoms with Gasteiger partial charge in [0.05, 0.1) is 24.4 Å². The lowest BCUT2D eigenvalue weighted by molar-refractivity contribution is -0.135. The molecule has 25 heavy (non-hydrogen) atoms. The Balaban J connectivity index is 1.74. The van der Waals surface area contributed by atoms with E-state index in [-0.39, 0.29) is 35.0 Å². The molecule has 2 saturated heterocycles. The van der Waals surface area contributed by atoms with E-state index in [1.165, 1.54) is 6.42 Å². The van der Waals surface area contributed by atoms with Gasteiger partial charge in [-0.2, -0.15) is 0 Å². The predicted octanol–water partition coefficient (Wildman–Crippen LogP) is 2.87. The summed E-state index contributed by atoms with van der Waals surface area (Å²) in [4.78, 5) is 14.0. The molecule has 0 aromatic carbocycles. The average Bonchev–Trinajstić information content (AvgIpc) is 3.45. The first-order chi connectivity index (χ1) is 11.7. The fourth-order valence-electron chi connectivity index (χ4n) is 4.92. The van der Waals surface area contributed by atoms with Gasteiger partial charge < -0.3 is 19.1 Å². The smallest absolute Gasteiger partial charge is 0.222 e. The highest BCUT2D eigenvalue weighted by atomic mass is 16.6. The van der Waals surface area contributed by atoms with Gasteiger partial charge >= 0.3 is 0 Å². The van der Waals surface area contributed by atoms with Gasteiger partial charge in [0.25, 0.3) is 0 Å². The number of methoxy groups -OCH3 is 1. The van der Waals surface area contributed by atoms with Crippen molar-refractivity contribution in [1.29, 1.82) is 0 Å². The second-order valence-corrected chi connectivity index (χ2v) is 9.08. The Bertz CT molecular complexity index is 502. The topological polar surface area (TPSA) is 54.6 Å². The molecule has 1 saturated carbocycles. The standard InChI is InChI=1S/C20H35NO4/c1-13(2)7-8-15-19(3,25-15)18-17(23-6)14(11-16(22)21(4)5)9-10-20(18)12-24-20/h13-15,17-18H,7-12H2,1-6H3/t14?,15-,17-,18-,19+,20+/m1/s1. The van der Waals surface area contributed by atoms with E-state index in [0.717, 1.165) is 25.9 Å². The minimum atomic E-state index is -0.175. The highest BCUT2D eigenvalue weighted by Gasteiger charge is 2.71. The first-order valence-corrected chi connectivity index (χ1v) is 9.78. The largest absolute Gasteiger partial charge is 0.381 e. The highest BCUT2D eigenvalue weighted by Crippen LogP contribution is 2.60. The maximum Gasteiger partial charge on any atom is 0.222 e. The minimum Gasteiger partial charge on any atom is -0.381 e. The number of hydrogen-bond acceptors (Lipinski definition) is 4. The Morgan fingerprint density at radius 2 is 2.04 bits per heavy atom. The molecule has 6 atom stereocenters. The molecular weight excluding hydrogens is 318 g/mol. The van der Waals surface area contributed by atoms with Crippen LogP contribution in [-0.2, 0) is 19.0 Å². The second kappa shape index (κ2) is 6.82. The quantitative estimate of drug-likeness (QED) is 0.661. The molecule has 5 heteroatoms. The minimum absolute atomic E-state index is 0.0224. The molecule has 2 heterocycles. The van der Waals surface area contributed by atoms with Crippen LogP contribution >= 0.6 is 0 Å². The van der Waals surface area contributed by atoms with Crippen molar-refractivity contribution in [2.75, 3.05) is 27.8 Å². The summed E-state index contributed by atoms with van der Waals surface area (Å²) in [5.74, 6) is 1.33. The van der Waals surface area contributed by atoms with Gasteiger partial charge in [0.2, 0.25) is 5.91 Å². The molecule has 1 unspecified atom stereocenters. The lowest BCUT2D eigenvalue weighted by Crippen LogP contribution is -2.53. The van der Waals surface area contributed by atoms with E-state index in [0.29, 0.717) is 18.4 Å². The van der Waals surface area contributed by atoms with Gasteiger partial charge in [-0.15, -0.1) is 0 Å². The number of nitrogens with zero attached hydrogens (tertiary/aromatic N) is 1. The summed E-state index contributed by atoms with van der Waals surface area (Å²) < 4.78 is 18.2. The fourth-order valence-corrected chi connectivity index (χ4v) is 4.92. The molecule has 1 amide bonds. The third kappa shape index (κ3) is 3.60. The number of hydrogen-bond donors (Lipinski definition) is 0. The Labute approximate surface area is 152 Å². The molecule has 0 bridgehead atoms. The van der Waals surface area contributed by atoms with Crippen LogP contribution in [0.5, 0.6) is 0 Å². The molecule has 1 aliphatic carbocycles.